The second-order valence-corrected chi connectivity index (χ2v) is 4.21. The number of fused-ring (bicyclic) bond motifs is 1. The number of aromatic amines is 1. The summed E-state index contributed by atoms with van der Waals surface area (Å²) in [7, 11) is 0. The van der Waals surface area contributed by atoms with Gasteiger partial charge in [0, 0.05) is 12.3 Å². The van der Waals surface area contributed by atoms with Gasteiger partial charge in [0.15, 0.2) is 10.3 Å². The topological polar surface area (TPSA) is 103 Å². The van der Waals surface area contributed by atoms with Crippen LogP contribution >= 0.6 is 15.9 Å². The first-order chi connectivity index (χ1) is 8.24. The van der Waals surface area contributed by atoms with Gasteiger partial charge < -0.3 is 14.9 Å². The third kappa shape index (κ3) is 2.05. The molecule has 7 heteroatoms. The maximum absolute atomic E-state index is 11.8. The second kappa shape index (κ2) is 4.71. The van der Waals surface area contributed by atoms with Crippen LogP contribution in [0.3, 0.4) is 0 Å². The fourth-order valence-electron chi connectivity index (χ4n) is 1.54. The second-order valence-electron chi connectivity index (χ2n) is 3.43. The molecule has 0 radical (unpaired) electrons. The molecule has 0 saturated heterocycles. The number of halogens is 1. The molecule has 6 nitrogen and oxygen atoms in total. The Balaban J connectivity index is 0.00000120. The molecule has 0 atom stereocenters. The van der Waals surface area contributed by atoms with Crippen LogP contribution in [0.2, 0.25) is 0 Å². The molecular formula is C11H8BrN3O3. The molecule has 3 aromatic rings. The van der Waals surface area contributed by atoms with Crippen LogP contribution in [0.1, 0.15) is 0 Å². The van der Waals surface area contributed by atoms with Gasteiger partial charge in [-0.1, -0.05) is 0 Å². The number of H-pyrrole nitrogens is 1. The number of nitrogens with one attached hydrogen (secondary N) is 1. The van der Waals surface area contributed by atoms with E-state index in [9.17, 15) is 4.79 Å². The summed E-state index contributed by atoms with van der Waals surface area (Å²) >= 11 is 3.20. The van der Waals surface area contributed by atoms with E-state index < -0.39 is 0 Å². The number of pyridine rings is 1. The smallest absolute Gasteiger partial charge is 0.260 e. The number of furan rings is 1. The minimum Gasteiger partial charge on any atom is -0.457 e. The minimum atomic E-state index is -0.213. The van der Waals surface area contributed by atoms with Gasteiger partial charge in [-0.15, -0.1) is 0 Å². The molecule has 3 N–H and O–H groups in total. The van der Waals surface area contributed by atoms with E-state index in [0.29, 0.717) is 27.1 Å². The number of hydrogen-bond donors (Lipinski definition) is 1. The standard InChI is InChI=1S/C11H6BrN3O2.H2O/c12-8-4-6(5-17-8)9-14-10-7(11(16)15-9)2-1-3-13-10;/h1-5H,(H,13,14,15,16);1H2. The number of nitrogens with zero attached hydrogens (tertiary/aromatic N) is 2. The molecule has 3 heterocycles. The first-order valence-corrected chi connectivity index (χ1v) is 5.63. The average molecular weight is 310 g/mol. The Morgan fingerprint density at radius 2 is 2.22 bits per heavy atom. The molecular weight excluding hydrogens is 302 g/mol. The number of hydrogen-bond acceptors (Lipinski definition) is 4. The Bertz CT molecular complexity index is 750. The lowest BCUT2D eigenvalue weighted by molar-refractivity contribution is 0.541. The molecule has 0 aliphatic heterocycles. The molecule has 0 bridgehead atoms. The minimum absolute atomic E-state index is 0. The van der Waals surface area contributed by atoms with Crippen LogP contribution in [-0.2, 0) is 0 Å². The van der Waals surface area contributed by atoms with Gasteiger partial charge in [0.25, 0.3) is 5.56 Å². The van der Waals surface area contributed by atoms with Gasteiger partial charge in [-0.2, -0.15) is 0 Å². The SMILES string of the molecule is O.O=c1[nH]c(-c2coc(Br)c2)nc2ncccc12. The molecule has 0 aliphatic rings. The fourth-order valence-corrected chi connectivity index (χ4v) is 1.88. The lowest BCUT2D eigenvalue weighted by atomic mass is 10.3. The van der Waals surface area contributed by atoms with E-state index in [0.717, 1.165) is 0 Å². The lowest BCUT2D eigenvalue weighted by Crippen LogP contribution is -2.09. The van der Waals surface area contributed by atoms with Crippen molar-refractivity contribution in [2.45, 2.75) is 0 Å². The normalized spacial score (nSPS) is 10.3. The van der Waals surface area contributed by atoms with Crippen molar-refractivity contribution in [2.75, 3.05) is 0 Å². The van der Waals surface area contributed by atoms with Gasteiger partial charge in [0.05, 0.1) is 10.9 Å². The maximum atomic E-state index is 11.8. The van der Waals surface area contributed by atoms with E-state index in [1.165, 1.54) is 6.26 Å². The lowest BCUT2D eigenvalue weighted by Gasteiger charge is -1.98. The van der Waals surface area contributed by atoms with Crippen molar-refractivity contribution in [3.8, 4) is 11.4 Å². The molecule has 0 spiro atoms. The highest BCUT2D eigenvalue weighted by molar-refractivity contribution is 9.10. The van der Waals surface area contributed by atoms with Crippen LogP contribution in [0.15, 0.2) is 44.5 Å². The van der Waals surface area contributed by atoms with Crippen molar-refractivity contribution in [1.82, 2.24) is 15.0 Å². The predicted molar refractivity (Wildman–Crippen MR) is 69.2 cm³/mol. The molecule has 0 fully saturated rings. The van der Waals surface area contributed by atoms with Crippen LogP contribution in [0.5, 0.6) is 0 Å². The Morgan fingerprint density at radius 3 is 2.94 bits per heavy atom. The summed E-state index contributed by atoms with van der Waals surface area (Å²) in [5, 5.41) is 0.471. The third-order valence-corrected chi connectivity index (χ3v) is 2.74. The largest absolute Gasteiger partial charge is 0.457 e. The van der Waals surface area contributed by atoms with Crippen molar-refractivity contribution >= 4 is 27.0 Å². The first-order valence-electron chi connectivity index (χ1n) is 4.83. The van der Waals surface area contributed by atoms with Crippen LogP contribution in [0.4, 0.5) is 0 Å². The van der Waals surface area contributed by atoms with Crippen molar-refractivity contribution in [3.63, 3.8) is 0 Å². The van der Waals surface area contributed by atoms with E-state index in [-0.39, 0.29) is 11.0 Å². The molecule has 0 aromatic carbocycles. The monoisotopic (exact) mass is 309 g/mol. The summed E-state index contributed by atoms with van der Waals surface area (Å²) in [6.07, 6.45) is 3.11. The summed E-state index contributed by atoms with van der Waals surface area (Å²) in [6.45, 7) is 0. The Hall–Kier alpha value is -1.99. The molecule has 0 unspecified atom stereocenters. The van der Waals surface area contributed by atoms with E-state index in [1.807, 2.05) is 0 Å². The highest BCUT2D eigenvalue weighted by Crippen LogP contribution is 2.21. The van der Waals surface area contributed by atoms with Gasteiger partial charge in [0.2, 0.25) is 0 Å². The zero-order valence-corrected chi connectivity index (χ0v) is 10.6. The summed E-state index contributed by atoms with van der Waals surface area (Å²) in [5.41, 5.74) is 0.903. The molecule has 0 saturated carbocycles. The summed E-state index contributed by atoms with van der Waals surface area (Å²) in [4.78, 5) is 22.8. The molecule has 0 amide bonds. The molecule has 18 heavy (non-hydrogen) atoms. The molecule has 3 aromatic heterocycles. The number of aromatic nitrogens is 3. The summed E-state index contributed by atoms with van der Waals surface area (Å²) in [5.74, 6) is 0.440. The van der Waals surface area contributed by atoms with E-state index in [4.69, 9.17) is 4.42 Å². The highest BCUT2D eigenvalue weighted by Gasteiger charge is 2.08. The van der Waals surface area contributed by atoms with E-state index >= 15 is 0 Å². The molecule has 0 aliphatic carbocycles. The molecule has 3 rings (SSSR count). The van der Waals surface area contributed by atoms with E-state index in [1.54, 1.807) is 24.4 Å². The third-order valence-electron chi connectivity index (χ3n) is 2.32. The predicted octanol–water partition coefficient (Wildman–Crippen LogP) is 1.52. The van der Waals surface area contributed by atoms with Gasteiger partial charge in [-0.25, -0.2) is 9.97 Å². The quantitative estimate of drug-likeness (QED) is 0.735. The highest BCUT2D eigenvalue weighted by atomic mass is 79.9. The zero-order valence-electron chi connectivity index (χ0n) is 8.98. The Kier molecular flexibility index (Phi) is 3.26. The van der Waals surface area contributed by atoms with Crippen molar-refractivity contribution in [3.05, 3.63) is 45.7 Å². The van der Waals surface area contributed by atoms with E-state index in [2.05, 4.69) is 30.9 Å². The van der Waals surface area contributed by atoms with Gasteiger partial charge in [-0.05, 0) is 28.1 Å². The van der Waals surface area contributed by atoms with Crippen LogP contribution in [0.25, 0.3) is 22.4 Å². The fraction of sp³-hybridized carbons (Fsp3) is 0. The Morgan fingerprint density at radius 1 is 1.39 bits per heavy atom. The zero-order chi connectivity index (χ0) is 11.8. The van der Waals surface area contributed by atoms with Crippen LogP contribution < -0.4 is 5.56 Å². The van der Waals surface area contributed by atoms with Gasteiger partial charge in [0.1, 0.15) is 12.1 Å². The maximum Gasteiger partial charge on any atom is 0.260 e. The first kappa shape index (κ1) is 12.5. The average Bonchev–Trinajstić information content (AvgIpc) is 2.76. The van der Waals surface area contributed by atoms with Crippen LogP contribution in [0, 0.1) is 0 Å². The summed E-state index contributed by atoms with van der Waals surface area (Å²) < 4.78 is 5.68. The molecule has 92 valence electrons. The number of rotatable bonds is 1. The van der Waals surface area contributed by atoms with Crippen molar-refractivity contribution < 1.29 is 9.89 Å². The van der Waals surface area contributed by atoms with Gasteiger partial charge in [-0.3, -0.25) is 4.79 Å². The van der Waals surface area contributed by atoms with Gasteiger partial charge >= 0.3 is 0 Å². The van der Waals surface area contributed by atoms with Crippen molar-refractivity contribution in [2.24, 2.45) is 0 Å². The van der Waals surface area contributed by atoms with Crippen molar-refractivity contribution in [1.29, 1.82) is 0 Å². The summed E-state index contributed by atoms with van der Waals surface area (Å²) in [6, 6.07) is 5.11. The van der Waals surface area contributed by atoms with Crippen LogP contribution in [-0.4, -0.2) is 20.4 Å². The Labute approximate surface area is 109 Å².